The summed E-state index contributed by atoms with van der Waals surface area (Å²) in [6, 6.07) is 57.4. The van der Waals surface area contributed by atoms with E-state index in [1.807, 2.05) is 30.3 Å². The molecule has 0 saturated heterocycles. The SMILES string of the molecule is c1ccc(-c2nc(-c3ccc4c(c3)-c3cccc5cccc-4c35)nc(-c3ccc(-c4ccc5ccccc5c4)c4oc5ccccc5c34)n2)cc1. The van der Waals surface area contributed by atoms with Gasteiger partial charge in [0.15, 0.2) is 17.5 Å². The van der Waals surface area contributed by atoms with Crippen molar-refractivity contribution in [1.82, 2.24) is 15.0 Å². The molecule has 0 fully saturated rings. The molecule has 0 N–H and O–H groups in total. The molecule has 2 heterocycles. The van der Waals surface area contributed by atoms with Crippen LogP contribution in [-0.4, -0.2) is 15.0 Å². The maximum atomic E-state index is 6.68. The van der Waals surface area contributed by atoms with E-state index in [1.165, 1.54) is 43.8 Å². The Balaban J connectivity index is 1.14. The van der Waals surface area contributed by atoms with Crippen molar-refractivity contribution in [1.29, 1.82) is 0 Å². The van der Waals surface area contributed by atoms with Crippen molar-refractivity contribution in [3.05, 3.63) is 164 Å². The third-order valence-electron chi connectivity index (χ3n) is 10.3. The Kier molecular flexibility index (Phi) is 5.92. The lowest BCUT2D eigenvalue weighted by Gasteiger charge is -2.12. The summed E-state index contributed by atoms with van der Waals surface area (Å²) in [5, 5.41) is 6.96. The van der Waals surface area contributed by atoms with Gasteiger partial charge in [-0.1, -0.05) is 133 Å². The molecule has 0 amide bonds. The van der Waals surface area contributed by atoms with Gasteiger partial charge in [-0.3, -0.25) is 0 Å². The summed E-state index contributed by atoms with van der Waals surface area (Å²) < 4.78 is 6.68. The Labute approximate surface area is 293 Å². The van der Waals surface area contributed by atoms with E-state index in [0.717, 1.165) is 49.8 Å². The van der Waals surface area contributed by atoms with Crippen LogP contribution < -0.4 is 0 Å². The third kappa shape index (κ3) is 4.30. The highest BCUT2D eigenvalue weighted by atomic mass is 16.3. The fourth-order valence-electron chi connectivity index (χ4n) is 7.87. The van der Waals surface area contributed by atoms with E-state index in [-0.39, 0.29) is 0 Å². The van der Waals surface area contributed by atoms with Crippen LogP contribution in [0, 0.1) is 0 Å². The summed E-state index contributed by atoms with van der Waals surface area (Å²) in [5.74, 6) is 1.86. The van der Waals surface area contributed by atoms with Crippen molar-refractivity contribution in [3.8, 4) is 67.5 Å². The van der Waals surface area contributed by atoms with E-state index < -0.39 is 0 Å². The van der Waals surface area contributed by atoms with Gasteiger partial charge in [-0.15, -0.1) is 0 Å². The van der Waals surface area contributed by atoms with Crippen LogP contribution in [0.1, 0.15) is 0 Å². The molecule has 0 bridgehead atoms. The van der Waals surface area contributed by atoms with E-state index in [9.17, 15) is 0 Å². The topological polar surface area (TPSA) is 51.8 Å². The molecule has 0 unspecified atom stereocenters. The second-order valence-corrected chi connectivity index (χ2v) is 13.2. The van der Waals surface area contributed by atoms with Crippen LogP contribution in [0.5, 0.6) is 0 Å². The summed E-state index contributed by atoms with van der Waals surface area (Å²) in [5.41, 5.74) is 11.5. The average molecular weight is 650 g/mol. The van der Waals surface area contributed by atoms with Gasteiger partial charge in [-0.25, -0.2) is 15.0 Å². The summed E-state index contributed by atoms with van der Waals surface area (Å²) in [7, 11) is 0. The van der Waals surface area contributed by atoms with Crippen LogP contribution >= 0.6 is 0 Å². The second-order valence-electron chi connectivity index (χ2n) is 13.2. The minimum Gasteiger partial charge on any atom is -0.455 e. The van der Waals surface area contributed by atoms with E-state index in [4.69, 9.17) is 19.4 Å². The number of benzene rings is 8. The van der Waals surface area contributed by atoms with Crippen LogP contribution in [0.3, 0.4) is 0 Å². The first-order valence-electron chi connectivity index (χ1n) is 17.2. The Morgan fingerprint density at radius 1 is 0.333 bits per heavy atom. The molecule has 1 aliphatic carbocycles. The molecule has 2 aromatic heterocycles. The summed E-state index contributed by atoms with van der Waals surface area (Å²) in [6.45, 7) is 0. The minimum atomic E-state index is 0.603. The van der Waals surface area contributed by atoms with Gasteiger partial charge in [0.05, 0.1) is 0 Å². The Morgan fingerprint density at radius 3 is 1.84 bits per heavy atom. The molecule has 0 atom stereocenters. The number of hydrogen-bond donors (Lipinski definition) is 0. The molecule has 0 saturated carbocycles. The van der Waals surface area contributed by atoms with Crippen LogP contribution in [0.4, 0.5) is 0 Å². The zero-order valence-corrected chi connectivity index (χ0v) is 27.3. The van der Waals surface area contributed by atoms with Gasteiger partial charge in [-0.05, 0) is 79.7 Å². The molecule has 10 aromatic rings. The minimum absolute atomic E-state index is 0.603. The molecule has 8 aromatic carbocycles. The van der Waals surface area contributed by atoms with Crippen LogP contribution in [0.15, 0.2) is 168 Å². The lowest BCUT2D eigenvalue weighted by atomic mass is 9.96. The van der Waals surface area contributed by atoms with E-state index in [0.29, 0.717) is 17.5 Å². The highest BCUT2D eigenvalue weighted by molar-refractivity contribution is 6.17. The van der Waals surface area contributed by atoms with Crippen LogP contribution in [-0.2, 0) is 0 Å². The van der Waals surface area contributed by atoms with Gasteiger partial charge >= 0.3 is 0 Å². The first kappa shape index (κ1) is 28.0. The van der Waals surface area contributed by atoms with Gasteiger partial charge in [-0.2, -0.15) is 0 Å². The summed E-state index contributed by atoms with van der Waals surface area (Å²) in [4.78, 5) is 15.5. The molecule has 0 radical (unpaired) electrons. The normalized spacial score (nSPS) is 11.9. The molecule has 0 aliphatic heterocycles. The van der Waals surface area contributed by atoms with Gasteiger partial charge in [0.2, 0.25) is 0 Å². The molecule has 0 spiro atoms. The number of furan rings is 1. The fourth-order valence-corrected chi connectivity index (χ4v) is 7.87. The maximum absolute atomic E-state index is 6.68. The van der Waals surface area contributed by atoms with Gasteiger partial charge in [0.1, 0.15) is 11.2 Å². The summed E-state index contributed by atoms with van der Waals surface area (Å²) >= 11 is 0. The largest absolute Gasteiger partial charge is 0.455 e. The molecular weight excluding hydrogens is 623 g/mol. The van der Waals surface area contributed by atoms with Crippen LogP contribution in [0.2, 0.25) is 0 Å². The van der Waals surface area contributed by atoms with Crippen LogP contribution in [0.25, 0.3) is 111 Å². The lowest BCUT2D eigenvalue weighted by Crippen LogP contribution is -2.00. The van der Waals surface area contributed by atoms with Crippen molar-refractivity contribution in [2.45, 2.75) is 0 Å². The first-order valence-corrected chi connectivity index (χ1v) is 17.2. The highest BCUT2D eigenvalue weighted by Gasteiger charge is 2.24. The predicted molar refractivity (Wildman–Crippen MR) is 208 cm³/mol. The van der Waals surface area contributed by atoms with E-state index >= 15 is 0 Å². The monoisotopic (exact) mass is 649 g/mol. The third-order valence-corrected chi connectivity index (χ3v) is 10.3. The standard InChI is InChI=1S/C47H27N3O/c1-2-11-30(12-3-1)45-48-46(33-22-23-35-36-17-8-14-29-15-9-18-37(42(29)36)40(35)27-33)50-47(49-45)39-25-24-34(32-21-20-28-10-4-5-13-31(28)26-32)44-43(39)38-16-6-7-19-41(38)51-44/h1-27H. The molecular formula is C47H27N3O. The van der Waals surface area contributed by atoms with Crippen molar-refractivity contribution in [2.75, 3.05) is 0 Å². The van der Waals surface area contributed by atoms with Crippen molar-refractivity contribution < 1.29 is 4.42 Å². The molecule has 1 aliphatic rings. The van der Waals surface area contributed by atoms with Gasteiger partial charge in [0, 0.05) is 33.0 Å². The van der Waals surface area contributed by atoms with Crippen molar-refractivity contribution >= 4 is 43.5 Å². The molecule has 51 heavy (non-hydrogen) atoms. The Morgan fingerprint density at radius 2 is 0.980 bits per heavy atom. The van der Waals surface area contributed by atoms with Gasteiger partial charge < -0.3 is 4.42 Å². The van der Waals surface area contributed by atoms with E-state index in [2.05, 4.69) is 133 Å². The first-order chi connectivity index (χ1) is 25.3. The second kappa shape index (κ2) is 10.8. The lowest BCUT2D eigenvalue weighted by molar-refractivity contribution is 0.670. The molecule has 4 heteroatoms. The number of para-hydroxylation sites is 1. The number of fused-ring (bicyclic) bond motifs is 7. The average Bonchev–Trinajstić information content (AvgIpc) is 3.75. The maximum Gasteiger partial charge on any atom is 0.164 e. The molecule has 4 nitrogen and oxygen atoms in total. The number of aromatic nitrogens is 3. The summed E-state index contributed by atoms with van der Waals surface area (Å²) in [6.07, 6.45) is 0. The van der Waals surface area contributed by atoms with E-state index in [1.54, 1.807) is 0 Å². The van der Waals surface area contributed by atoms with Gasteiger partial charge in [0.25, 0.3) is 0 Å². The zero-order valence-electron chi connectivity index (χ0n) is 27.3. The number of rotatable bonds is 4. The quantitative estimate of drug-likeness (QED) is 0.190. The van der Waals surface area contributed by atoms with Crippen molar-refractivity contribution in [2.24, 2.45) is 0 Å². The highest BCUT2D eigenvalue weighted by Crippen LogP contribution is 2.48. The van der Waals surface area contributed by atoms with Crippen molar-refractivity contribution in [3.63, 3.8) is 0 Å². The number of hydrogen-bond acceptors (Lipinski definition) is 4. The number of nitrogens with zero attached hydrogens (tertiary/aromatic N) is 3. The molecule has 236 valence electrons. The predicted octanol–water partition coefficient (Wildman–Crippen LogP) is 12.4. The molecule has 11 rings (SSSR count). The smallest absolute Gasteiger partial charge is 0.164 e. The fraction of sp³-hybridized carbons (Fsp3) is 0. The zero-order chi connectivity index (χ0) is 33.5. The Hall–Kier alpha value is -6.91. The Bertz CT molecular complexity index is 3030.